The quantitative estimate of drug-likeness (QED) is 0.747. The Labute approximate surface area is 165 Å². The fourth-order valence-corrected chi connectivity index (χ4v) is 3.73. The first-order chi connectivity index (χ1) is 12.4. The molecular formula is C19H19BrClNO4. The lowest BCUT2D eigenvalue weighted by Gasteiger charge is -2.21. The van der Waals surface area contributed by atoms with Crippen LogP contribution in [0.2, 0.25) is 5.02 Å². The molecule has 0 fully saturated rings. The maximum absolute atomic E-state index is 12.2. The van der Waals surface area contributed by atoms with Gasteiger partial charge in [-0.25, -0.2) is 0 Å². The van der Waals surface area contributed by atoms with E-state index < -0.39 is 0 Å². The number of fused-ring (bicyclic) bond motifs is 1. The van der Waals surface area contributed by atoms with E-state index in [1.807, 2.05) is 38.1 Å². The van der Waals surface area contributed by atoms with Crippen molar-refractivity contribution in [1.82, 2.24) is 5.32 Å². The molecule has 1 heterocycles. The molecule has 1 amide bonds. The molecule has 1 aliphatic rings. The monoisotopic (exact) mass is 439 g/mol. The number of amides is 1. The number of carbonyl (C=O) groups excluding carboxylic acids is 1. The van der Waals surface area contributed by atoms with Gasteiger partial charge in [-0.15, -0.1) is 0 Å². The van der Waals surface area contributed by atoms with Crippen molar-refractivity contribution in [3.8, 4) is 17.2 Å². The fraction of sp³-hybridized carbons (Fsp3) is 0.316. The van der Waals surface area contributed by atoms with Crippen LogP contribution in [0.25, 0.3) is 0 Å². The number of halogens is 2. The summed E-state index contributed by atoms with van der Waals surface area (Å²) in [7, 11) is 0. The van der Waals surface area contributed by atoms with Crippen LogP contribution in [0.3, 0.4) is 0 Å². The highest BCUT2D eigenvalue weighted by atomic mass is 79.9. The van der Waals surface area contributed by atoms with Crippen LogP contribution in [0.5, 0.6) is 17.2 Å². The normalized spacial score (nSPS) is 13.8. The van der Waals surface area contributed by atoms with Crippen LogP contribution in [0.4, 0.5) is 0 Å². The minimum absolute atomic E-state index is 0.114. The Bertz CT molecular complexity index is 804. The zero-order chi connectivity index (χ0) is 18.7. The lowest BCUT2D eigenvalue weighted by molar-refractivity contribution is -0.123. The molecule has 138 valence electrons. The number of carbonyl (C=O) groups is 1. The van der Waals surface area contributed by atoms with Crippen LogP contribution in [-0.2, 0) is 4.79 Å². The molecule has 3 rings (SSSR count). The van der Waals surface area contributed by atoms with Gasteiger partial charge >= 0.3 is 0 Å². The van der Waals surface area contributed by atoms with E-state index >= 15 is 0 Å². The number of ether oxygens (including phenoxy) is 3. The van der Waals surface area contributed by atoms with E-state index in [2.05, 4.69) is 21.2 Å². The Balaban J connectivity index is 1.60. The van der Waals surface area contributed by atoms with Gasteiger partial charge in [0.25, 0.3) is 5.91 Å². The summed E-state index contributed by atoms with van der Waals surface area (Å²) in [5.74, 6) is 1.70. The molecule has 0 radical (unpaired) electrons. The number of hydrogen-bond donors (Lipinski definition) is 1. The van der Waals surface area contributed by atoms with Gasteiger partial charge < -0.3 is 19.5 Å². The molecule has 5 nitrogen and oxygen atoms in total. The summed E-state index contributed by atoms with van der Waals surface area (Å²) in [6.45, 7) is 4.74. The first-order valence-corrected chi connectivity index (χ1v) is 9.38. The minimum atomic E-state index is -0.231. The molecule has 0 saturated heterocycles. The zero-order valence-electron chi connectivity index (χ0n) is 14.5. The van der Waals surface area contributed by atoms with Gasteiger partial charge in [-0.2, -0.15) is 0 Å². The van der Waals surface area contributed by atoms with Gasteiger partial charge in [-0.05, 0) is 49.2 Å². The number of nitrogens with one attached hydrogen (secondary N) is 1. The molecule has 0 bridgehead atoms. The molecule has 7 heteroatoms. The van der Waals surface area contributed by atoms with Gasteiger partial charge in [0.05, 0.1) is 11.1 Å². The summed E-state index contributed by atoms with van der Waals surface area (Å²) >= 11 is 9.55. The Morgan fingerprint density at radius 1 is 1.27 bits per heavy atom. The number of benzene rings is 2. The molecule has 0 spiro atoms. The second-order valence-electron chi connectivity index (χ2n) is 6.01. The van der Waals surface area contributed by atoms with Crippen LogP contribution in [0.15, 0.2) is 34.8 Å². The van der Waals surface area contributed by atoms with Gasteiger partial charge in [-0.1, -0.05) is 33.6 Å². The van der Waals surface area contributed by atoms with Crippen molar-refractivity contribution in [1.29, 1.82) is 0 Å². The van der Waals surface area contributed by atoms with Crippen molar-refractivity contribution in [2.24, 2.45) is 0 Å². The summed E-state index contributed by atoms with van der Waals surface area (Å²) < 4.78 is 17.6. The Morgan fingerprint density at radius 3 is 2.73 bits per heavy atom. The molecule has 0 aromatic heterocycles. The zero-order valence-corrected chi connectivity index (χ0v) is 16.8. The van der Waals surface area contributed by atoms with Gasteiger partial charge in [-0.3, -0.25) is 4.79 Å². The smallest absolute Gasteiger partial charge is 0.258 e. The van der Waals surface area contributed by atoms with E-state index in [9.17, 15) is 4.79 Å². The van der Waals surface area contributed by atoms with E-state index in [1.165, 1.54) is 0 Å². The number of hydrogen-bond acceptors (Lipinski definition) is 4. The molecule has 26 heavy (non-hydrogen) atoms. The third-order valence-corrected chi connectivity index (χ3v) is 4.72. The standard InChI is InChI=1S/C19H19BrClNO4/c1-11-7-14(20)9-15(21)19(11)26-10-18(23)22-12(2)13-3-4-16-17(8-13)25-6-5-24-16/h3-4,7-9,12H,5-6,10H2,1-2H3,(H,22,23)/t12-/m1/s1. The van der Waals surface area contributed by atoms with Crippen molar-refractivity contribution in [2.75, 3.05) is 19.8 Å². The summed E-state index contributed by atoms with van der Waals surface area (Å²) in [5.41, 5.74) is 1.79. The van der Waals surface area contributed by atoms with Crippen LogP contribution >= 0.6 is 27.5 Å². The van der Waals surface area contributed by atoms with Gasteiger partial charge in [0, 0.05) is 4.47 Å². The predicted octanol–water partition coefficient (Wildman–Crippen LogP) is 4.44. The van der Waals surface area contributed by atoms with Crippen LogP contribution in [0, 0.1) is 6.92 Å². The molecule has 0 aliphatic carbocycles. The highest BCUT2D eigenvalue weighted by molar-refractivity contribution is 9.10. The third-order valence-electron chi connectivity index (χ3n) is 3.99. The van der Waals surface area contributed by atoms with Crippen molar-refractivity contribution in [3.05, 3.63) is 51.0 Å². The van der Waals surface area contributed by atoms with Crippen molar-refractivity contribution in [3.63, 3.8) is 0 Å². The number of aryl methyl sites for hydroxylation is 1. The van der Waals surface area contributed by atoms with Crippen molar-refractivity contribution < 1.29 is 19.0 Å². The predicted molar refractivity (Wildman–Crippen MR) is 103 cm³/mol. The maximum atomic E-state index is 12.2. The molecule has 1 aliphatic heterocycles. The summed E-state index contributed by atoms with van der Waals surface area (Å²) in [5, 5.41) is 3.37. The summed E-state index contributed by atoms with van der Waals surface area (Å²) in [4.78, 5) is 12.2. The average molecular weight is 441 g/mol. The van der Waals surface area contributed by atoms with Crippen molar-refractivity contribution >= 4 is 33.4 Å². The molecule has 1 N–H and O–H groups in total. The van der Waals surface area contributed by atoms with Crippen LogP contribution in [0.1, 0.15) is 24.1 Å². The lowest BCUT2D eigenvalue weighted by Crippen LogP contribution is -2.31. The molecule has 1 atom stereocenters. The van der Waals surface area contributed by atoms with E-state index in [1.54, 1.807) is 6.07 Å². The Kier molecular flexibility index (Phi) is 5.94. The highest BCUT2D eigenvalue weighted by Gasteiger charge is 2.16. The lowest BCUT2D eigenvalue weighted by atomic mass is 10.1. The van der Waals surface area contributed by atoms with Crippen LogP contribution in [-0.4, -0.2) is 25.7 Å². The first-order valence-electron chi connectivity index (χ1n) is 8.21. The second kappa shape index (κ2) is 8.18. The first kappa shape index (κ1) is 18.9. The van der Waals surface area contributed by atoms with E-state index in [-0.39, 0.29) is 18.6 Å². The van der Waals surface area contributed by atoms with Gasteiger partial charge in [0.2, 0.25) is 0 Å². The average Bonchev–Trinajstić information content (AvgIpc) is 2.60. The maximum Gasteiger partial charge on any atom is 0.258 e. The van der Waals surface area contributed by atoms with Gasteiger partial charge in [0.15, 0.2) is 18.1 Å². The van der Waals surface area contributed by atoms with Gasteiger partial charge in [0.1, 0.15) is 19.0 Å². The SMILES string of the molecule is Cc1cc(Br)cc(Cl)c1OCC(=O)N[C@H](C)c1ccc2c(c1)OCCO2. The number of rotatable bonds is 5. The fourth-order valence-electron chi connectivity index (χ4n) is 2.71. The topological polar surface area (TPSA) is 56.8 Å². The highest BCUT2D eigenvalue weighted by Crippen LogP contribution is 2.33. The van der Waals surface area contributed by atoms with Crippen LogP contribution < -0.4 is 19.5 Å². The van der Waals surface area contributed by atoms with E-state index in [0.29, 0.717) is 29.7 Å². The third kappa shape index (κ3) is 4.43. The van der Waals surface area contributed by atoms with Crippen molar-refractivity contribution in [2.45, 2.75) is 19.9 Å². The molecule has 2 aromatic carbocycles. The molecule has 2 aromatic rings. The Morgan fingerprint density at radius 2 is 2.00 bits per heavy atom. The minimum Gasteiger partial charge on any atom is -0.486 e. The summed E-state index contributed by atoms with van der Waals surface area (Å²) in [6, 6.07) is 9.08. The van der Waals surface area contributed by atoms with E-state index in [0.717, 1.165) is 21.3 Å². The molecule has 0 saturated carbocycles. The Hall–Kier alpha value is -1.92. The summed E-state index contributed by atoms with van der Waals surface area (Å²) in [6.07, 6.45) is 0. The molecule has 0 unspecified atom stereocenters. The molecular weight excluding hydrogens is 422 g/mol. The largest absolute Gasteiger partial charge is 0.486 e. The van der Waals surface area contributed by atoms with E-state index in [4.69, 9.17) is 25.8 Å². The second-order valence-corrected chi connectivity index (χ2v) is 7.34.